The summed E-state index contributed by atoms with van der Waals surface area (Å²) in [5.41, 5.74) is 8.30. The van der Waals surface area contributed by atoms with Crippen LogP contribution in [0, 0.1) is 5.92 Å². The summed E-state index contributed by atoms with van der Waals surface area (Å²) < 4.78 is 31.7. The van der Waals surface area contributed by atoms with E-state index in [0.717, 1.165) is 36.8 Å². The van der Waals surface area contributed by atoms with E-state index in [0.29, 0.717) is 43.7 Å². The molecule has 0 radical (unpaired) electrons. The van der Waals surface area contributed by atoms with Gasteiger partial charge in [0.25, 0.3) is 0 Å². The first-order valence-corrected chi connectivity index (χ1v) is 13.5. The van der Waals surface area contributed by atoms with Gasteiger partial charge in [-0.2, -0.15) is 14.3 Å². The van der Waals surface area contributed by atoms with E-state index in [-0.39, 0.29) is 24.3 Å². The Morgan fingerprint density at radius 3 is 2.74 bits per heavy atom. The first kappa shape index (κ1) is 24.2. The molecule has 1 saturated carbocycles. The van der Waals surface area contributed by atoms with E-state index < -0.39 is 10.0 Å². The number of hydrogen-bond donors (Lipinski definition) is 2. The first-order valence-electron chi connectivity index (χ1n) is 11.6. The Balaban J connectivity index is 1.54. The quantitative estimate of drug-likeness (QED) is 0.461. The highest BCUT2D eigenvalue weighted by atomic mass is 32.2. The number of benzene rings is 1. The summed E-state index contributed by atoms with van der Waals surface area (Å²) in [4.78, 5) is 22.9. The number of nitrogen functional groups attached to an aromatic ring is 1. The monoisotopic (exact) mass is 488 g/mol. The molecule has 1 aliphatic carbocycles. The number of nitrogens with one attached hydrogen (secondary N) is 1. The molecule has 10 nitrogen and oxygen atoms in total. The van der Waals surface area contributed by atoms with Crippen molar-refractivity contribution in [3.63, 3.8) is 0 Å². The minimum absolute atomic E-state index is 0.110. The van der Waals surface area contributed by atoms with Crippen molar-refractivity contribution in [2.24, 2.45) is 5.92 Å². The normalized spacial score (nSPS) is 15.9. The van der Waals surface area contributed by atoms with Crippen LogP contribution >= 0.6 is 0 Å². The van der Waals surface area contributed by atoms with Gasteiger partial charge in [-0.05, 0) is 36.3 Å². The van der Waals surface area contributed by atoms with Gasteiger partial charge >= 0.3 is 6.01 Å². The van der Waals surface area contributed by atoms with E-state index in [2.05, 4.69) is 22.2 Å². The lowest BCUT2D eigenvalue weighted by molar-refractivity contribution is -0.115. The smallest absolute Gasteiger partial charge is 0.320 e. The SMILES string of the molecule is CCCCOc1nc(N)c2c(n1)N(Cc1cccc(CN(CC3CC3)S(C)(=O)=O)c1)CC(=O)N2. The van der Waals surface area contributed by atoms with E-state index in [1.165, 1.54) is 6.26 Å². The number of ether oxygens (including phenoxy) is 1. The number of sulfonamides is 1. The molecule has 1 amide bonds. The number of aromatic nitrogens is 2. The molecule has 0 atom stereocenters. The molecule has 0 bridgehead atoms. The molecule has 1 aromatic heterocycles. The molecule has 2 aliphatic rings. The van der Waals surface area contributed by atoms with E-state index >= 15 is 0 Å². The van der Waals surface area contributed by atoms with Gasteiger partial charge < -0.3 is 20.7 Å². The molecule has 0 saturated heterocycles. The molecular weight excluding hydrogens is 456 g/mol. The number of nitrogens with two attached hydrogens (primary N) is 1. The highest BCUT2D eigenvalue weighted by molar-refractivity contribution is 7.88. The van der Waals surface area contributed by atoms with Crippen molar-refractivity contribution in [3.8, 4) is 6.01 Å². The van der Waals surface area contributed by atoms with E-state index in [9.17, 15) is 13.2 Å². The minimum Gasteiger partial charge on any atom is -0.463 e. The first-order chi connectivity index (χ1) is 16.2. The van der Waals surface area contributed by atoms with Crippen molar-refractivity contribution >= 4 is 33.3 Å². The number of hydrogen-bond acceptors (Lipinski definition) is 8. The van der Waals surface area contributed by atoms with E-state index in [1.807, 2.05) is 29.2 Å². The second-order valence-corrected chi connectivity index (χ2v) is 11.0. The van der Waals surface area contributed by atoms with Gasteiger partial charge in [-0.25, -0.2) is 8.42 Å². The van der Waals surface area contributed by atoms with Crippen LogP contribution in [0.3, 0.4) is 0 Å². The maximum absolute atomic E-state index is 12.3. The molecule has 1 fully saturated rings. The fourth-order valence-corrected chi connectivity index (χ4v) is 4.75. The van der Waals surface area contributed by atoms with Crippen LogP contribution in [0.15, 0.2) is 24.3 Å². The number of fused-ring (bicyclic) bond motifs is 1. The van der Waals surface area contributed by atoms with Gasteiger partial charge in [0, 0.05) is 19.6 Å². The van der Waals surface area contributed by atoms with Gasteiger partial charge in [0.2, 0.25) is 15.9 Å². The third-order valence-corrected chi connectivity index (χ3v) is 7.09. The molecule has 0 unspecified atom stereocenters. The fraction of sp³-hybridized carbons (Fsp3) is 0.522. The zero-order valence-electron chi connectivity index (χ0n) is 19.7. The Morgan fingerprint density at radius 1 is 1.26 bits per heavy atom. The highest BCUT2D eigenvalue weighted by Gasteiger charge is 2.29. The largest absolute Gasteiger partial charge is 0.463 e. The number of unbranched alkanes of at least 4 members (excludes halogenated alkanes) is 1. The Labute approximate surface area is 200 Å². The summed E-state index contributed by atoms with van der Waals surface area (Å²) in [5.74, 6) is 0.925. The summed E-state index contributed by atoms with van der Waals surface area (Å²) in [5, 5.41) is 2.76. The van der Waals surface area contributed by atoms with Crippen LogP contribution in [0.2, 0.25) is 0 Å². The number of carbonyl (C=O) groups excluding carboxylic acids is 1. The number of rotatable bonds is 11. The van der Waals surface area contributed by atoms with Crippen molar-refractivity contribution in [2.45, 2.75) is 45.7 Å². The lowest BCUT2D eigenvalue weighted by Gasteiger charge is -2.30. The second kappa shape index (κ2) is 10.1. The third kappa shape index (κ3) is 6.15. The van der Waals surface area contributed by atoms with Crippen LogP contribution in [0.1, 0.15) is 43.7 Å². The topological polar surface area (TPSA) is 131 Å². The van der Waals surface area contributed by atoms with Gasteiger partial charge in [0.1, 0.15) is 5.69 Å². The molecule has 1 aromatic carbocycles. The molecular formula is C23H32N6O4S. The van der Waals surface area contributed by atoms with Gasteiger partial charge in [-0.3, -0.25) is 4.79 Å². The van der Waals surface area contributed by atoms with Gasteiger partial charge in [0.05, 0.1) is 19.4 Å². The number of nitrogens with zero attached hydrogens (tertiary/aromatic N) is 4. The summed E-state index contributed by atoms with van der Waals surface area (Å²) in [6.07, 6.45) is 5.28. The Hall–Kier alpha value is -2.92. The van der Waals surface area contributed by atoms with Crippen molar-refractivity contribution < 1.29 is 17.9 Å². The van der Waals surface area contributed by atoms with Crippen LogP contribution in [-0.2, 0) is 27.9 Å². The Kier molecular flexibility index (Phi) is 7.22. The predicted molar refractivity (Wildman–Crippen MR) is 131 cm³/mol. The summed E-state index contributed by atoms with van der Waals surface area (Å²) >= 11 is 0. The Morgan fingerprint density at radius 2 is 2.03 bits per heavy atom. The minimum atomic E-state index is -3.30. The van der Waals surface area contributed by atoms with Crippen molar-refractivity contribution in [1.29, 1.82) is 0 Å². The van der Waals surface area contributed by atoms with Crippen molar-refractivity contribution in [1.82, 2.24) is 14.3 Å². The maximum Gasteiger partial charge on any atom is 0.320 e. The highest BCUT2D eigenvalue weighted by Crippen LogP contribution is 2.34. The zero-order chi connectivity index (χ0) is 24.3. The number of amides is 1. The lowest BCUT2D eigenvalue weighted by Crippen LogP contribution is -2.39. The van der Waals surface area contributed by atoms with E-state index in [1.54, 1.807) is 4.31 Å². The standard InChI is InChI=1S/C23H32N6O4S/c1-3-4-10-33-23-26-21(24)20-22(27-23)28(15-19(30)25-20)12-17-6-5-7-18(11-17)14-29(34(2,31)32)13-16-8-9-16/h5-7,11,16H,3-4,8-10,12-15H2,1-2H3,(H,25,30)(H2,24,26,27). The van der Waals surface area contributed by atoms with E-state index in [4.69, 9.17) is 10.5 Å². The predicted octanol–water partition coefficient (Wildman–Crippen LogP) is 2.37. The van der Waals surface area contributed by atoms with Crippen molar-refractivity contribution in [3.05, 3.63) is 35.4 Å². The number of carbonyl (C=O) groups is 1. The van der Waals surface area contributed by atoms with Crippen LogP contribution in [0.25, 0.3) is 0 Å². The molecule has 184 valence electrons. The van der Waals surface area contributed by atoms with Gasteiger partial charge in [-0.15, -0.1) is 0 Å². The van der Waals surface area contributed by atoms with Gasteiger partial charge in [0.15, 0.2) is 11.6 Å². The molecule has 2 aromatic rings. The third-order valence-electron chi connectivity index (χ3n) is 5.88. The van der Waals surface area contributed by atoms with Gasteiger partial charge in [-0.1, -0.05) is 37.6 Å². The maximum atomic E-state index is 12.3. The fourth-order valence-electron chi connectivity index (χ4n) is 3.88. The van der Waals surface area contributed by atoms with Crippen LogP contribution in [0.5, 0.6) is 6.01 Å². The van der Waals surface area contributed by atoms with Crippen molar-refractivity contribution in [2.75, 3.05) is 41.9 Å². The average Bonchev–Trinajstić information content (AvgIpc) is 3.58. The van der Waals surface area contributed by atoms with Crippen LogP contribution in [-0.4, -0.2) is 54.6 Å². The molecule has 1 aliphatic heterocycles. The second-order valence-electron chi connectivity index (χ2n) is 9.02. The average molecular weight is 489 g/mol. The summed E-state index contributed by atoms with van der Waals surface area (Å²) in [7, 11) is -3.30. The van der Waals surface area contributed by atoms with Crippen LogP contribution < -0.4 is 20.7 Å². The molecule has 34 heavy (non-hydrogen) atoms. The molecule has 11 heteroatoms. The molecule has 2 heterocycles. The Bertz CT molecular complexity index is 1150. The molecule has 0 spiro atoms. The molecule has 3 N–H and O–H groups in total. The summed E-state index contributed by atoms with van der Waals surface area (Å²) in [6.45, 7) is 3.95. The molecule has 4 rings (SSSR count). The van der Waals surface area contributed by atoms with Crippen LogP contribution in [0.4, 0.5) is 17.3 Å². The summed E-state index contributed by atoms with van der Waals surface area (Å²) in [6, 6.07) is 7.93. The zero-order valence-corrected chi connectivity index (χ0v) is 20.5. The lowest BCUT2D eigenvalue weighted by atomic mass is 10.1. The number of anilines is 3.